The highest BCUT2D eigenvalue weighted by Gasteiger charge is 2.22. The highest BCUT2D eigenvalue weighted by molar-refractivity contribution is 5.49. The number of rotatable bonds is 3. The summed E-state index contributed by atoms with van der Waals surface area (Å²) in [5.74, 6) is 2.47. The summed E-state index contributed by atoms with van der Waals surface area (Å²) in [4.78, 5) is 11.9. The van der Waals surface area contributed by atoms with Gasteiger partial charge in [0, 0.05) is 36.3 Å². The van der Waals surface area contributed by atoms with Crippen molar-refractivity contribution in [2.45, 2.75) is 58.9 Å². The summed E-state index contributed by atoms with van der Waals surface area (Å²) >= 11 is 0. The average Bonchev–Trinajstić information content (AvgIpc) is 2.38. The van der Waals surface area contributed by atoms with Gasteiger partial charge in [-0.25, -0.2) is 9.97 Å². The standard InChI is InChI=1S/C15H26N4/c1-5-13-11(4)17-14(10(2)3)18-15(13)19-8-6-12(16)7-9-19/h10,12H,5-9,16H2,1-4H3. The molecule has 1 saturated heterocycles. The summed E-state index contributed by atoms with van der Waals surface area (Å²) in [5.41, 5.74) is 8.42. The van der Waals surface area contributed by atoms with E-state index in [4.69, 9.17) is 10.7 Å². The van der Waals surface area contributed by atoms with Gasteiger partial charge in [-0.1, -0.05) is 20.8 Å². The van der Waals surface area contributed by atoms with Crippen LogP contribution in [0.5, 0.6) is 0 Å². The Morgan fingerprint density at radius 2 is 1.89 bits per heavy atom. The van der Waals surface area contributed by atoms with E-state index >= 15 is 0 Å². The predicted octanol–water partition coefficient (Wildman–Crippen LogP) is 2.40. The lowest BCUT2D eigenvalue weighted by molar-refractivity contribution is 0.496. The van der Waals surface area contributed by atoms with Crippen LogP contribution in [0.2, 0.25) is 0 Å². The Hall–Kier alpha value is -1.16. The zero-order valence-corrected chi connectivity index (χ0v) is 12.6. The van der Waals surface area contributed by atoms with Crippen LogP contribution in [0.3, 0.4) is 0 Å². The van der Waals surface area contributed by atoms with E-state index in [0.29, 0.717) is 12.0 Å². The van der Waals surface area contributed by atoms with E-state index in [1.54, 1.807) is 0 Å². The molecule has 0 aromatic carbocycles. The largest absolute Gasteiger partial charge is 0.356 e. The molecule has 1 aliphatic heterocycles. The van der Waals surface area contributed by atoms with Crippen molar-refractivity contribution in [1.82, 2.24) is 9.97 Å². The van der Waals surface area contributed by atoms with Crippen LogP contribution in [-0.2, 0) is 6.42 Å². The molecule has 0 aliphatic carbocycles. The fourth-order valence-electron chi connectivity index (χ4n) is 2.65. The maximum atomic E-state index is 5.99. The zero-order chi connectivity index (χ0) is 14.0. The van der Waals surface area contributed by atoms with Gasteiger partial charge >= 0.3 is 0 Å². The molecule has 19 heavy (non-hydrogen) atoms. The average molecular weight is 262 g/mol. The van der Waals surface area contributed by atoms with E-state index in [1.165, 1.54) is 5.56 Å². The molecule has 0 spiro atoms. The van der Waals surface area contributed by atoms with Crippen LogP contribution in [0.1, 0.15) is 56.6 Å². The van der Waals surface area contributed by atoms with Crippen LogP contribution >= 0.6 is 0 Å². The minimum atomic E-state index is 0.355. The molecule has 0 saturated carbocycles. The third-order valence-corrected chi connectivity index (χ3v) is 3.92. The Labute approximate surface area is 116 Å². The van der Waals surface area contributed by atoms with Crippen LogP contribution in [-0.4, -0.2) is 29.1 Å². The van der Waals surface area contributed by atoms with Gasteiger partial charge in [0.2, 0.25) is 0 Å². The van der Waals surface area contributed by atoms with Crippen molar-refractivity contribution in [2.75, 3.05) is 18.0 Å². The lowest BCUT2D eigenvalue weighted by Gasteiger charge is -2.33. The van der Waals surface area contributed by atoms with Gasteiger partial charge < -0.3 is 10.6 Å². The molecule has 1 aliphatic rings. The summed E-state index contributed by atoms with van der Waals surface area (Å²) in [7, 11) is 0. The van der Waals surface area contributed by atoms with Crippen molar-refractivity contribution < 1.29 is 0 Å². The molecule has 0 atom stereocenters. The number of piperidine rings is 1. The molecular weight excluding hydrogens is 236 g/mol. The molecule has 1 fully saturated rings. The highest BCUT2D eigenvalue weighted by Crippen LogP contribution is 2.26. The summed E-state index contributed by atoms with van der Waals surface area (Å²) in [6.45, 7) is 10.6. The van der Waals surface area contributed by atoms with Gasteiger partial charge in [0.15, 0.2) is 0 Å². The van der Waals surface area contributed by atoms with Gasteiger partial charge in [0.1, 0.15) is 11.6 Å². The van der Waals surface area contributed by atoms with E-state index in [0.717, 1.165) is 49.7 Å². The molecule has 0 radical (unpaired) electrons. The second kappa shape index (κ2) is 5.87. The fourth-order valence-corrected chi connectivity index (χ4v) is 2.65. The van der Waals surface area contributed by atoms with Crippen molar-refractivity contribution in [1.29, 1.82) is 0 Å². The van der Waals surface area contributed by atoms with E-state index in [2.05, 4.69) is 37.6 Å². The van der Waals surface area contributed by atoms with Crippen LogP contribution in [0.15, 0.2) is 0 Å². The van der Waals surface area contributed by atoms with Crippen LogP contribution in [0.25, 0.3) is 0 Å². The Balaban J connectivity index is 2.36. The first-order chi connectivity index (χ1) is 9.02. The number of hydrogen-bond donors (Lipinski definition) is 1. The first-order valence-electron chi connectivity index (χ1n) is 7.40. The van der Waals surface area contributed by atoms with Crippen LogP contribution in [0.4, 0.5) is 5.82 Å². The lowest BCUT2D eigenvalue weighted by atomic mass is 10.0. The van der Waals surface area contributed by atoms with E-state index in [9.17, 15) is 0 Å². The Kier molecular flexibility index (Phi) is 4.40. The van der Waals surface area contributed by atoms with E-state index in [-0.39, 0.29) is 0 Å². The van der Waals surface area contributed by atoms with Crippen molar-refractivity contribution in [2.24, 2.45) is 5.73 Å². The van der Waals surface area contributed by atoms with E-state index in [1.807, 2.05) is 0 Å². The maximum Gasteiger partial charge on any atom is 0.135 e. The van der Waals surface area contributed by atoms with Gasteiger partial charge in [-0.05, 0) is 26.2 Å². The maximum absolute atomic E-state index is 5.99. The van der Waals surface area contributed by atoms with Gasteiger partial charge in [-0.15, -0.1) is 0 Å². The van der Waals surface area contributed by atoms with E-state index < -0.39 is 0 Å². The second-order valence-corrected chi connectivity index (χ2v) is 5.80. The molecule has 2 N–H and O–H groups in total. The Bertz CT molecular complexity index is 434. The molecule has 0 amide bonds. The predicted molar refractivity (Wildman–Crippen MR) is 79.7 cm³/mol. The smallest absolute Gasteiger partial charge is 0.135 e. The van der Waals surface area contributed by atoms with Crippen molar-refractivity contribution in [3.05, 3.63) is 17.1 Å². The Morgan fingerprint density at radius 1 is 1.26 bits per heavy atom. The van der Waals surface area contributed by atoms with Crippen LogP contribution in [0, 0.1) is 6.92 Å². The number of anilines is 1. The van der Waals surface area contributed by atoms with Crippen molar-refractivity contribution >= 4 is 5.82 Å². The molecule has 4 heteroatoms. The summed E-state index contributed by atoms with van der Waals surface area (Å²) in [6.07, 6.45) is 3.11. The first kappa shape index (κ1) is 14.3. The lowest BCUT2D eigenvalue weighted by Crippen LogP contribution is -2.40. The summed E-state index contributed by atoms with van der Waals surface area (Å²) < 4.78 is 0. The monoisotopic (exact) mass is 262 g/mol. The number of nitrogens with zero attached hydrogens (tertiary/aromatic N) is 3. The molecule has 2 rings (SSSR count). The third kappa shape index (κ3) is 3.06. The third-order valence-electron chi connectivity index (χ3n) is 3.92. The van der Waals surface area contributed by atoms with Crippen molar-refractivity contribution in [3.8, 4) is 0 Å². The summed E-state index contributed by atoms with van der Waals surface area (Å²) in [5, 5.41) is 0. The number of aryl methyl sites for hydroxylation is 1. The summed E-state index contributed by atoms with van der Waals surface area (Å²) in [6, 6.07) is 0.355. The van der Waals surface area contributed by atoms with Gasteiger partial charge in [0.25, 0.3) is 0 Å². The fraction of sp³-hybridized carbons (Fsp3) is 0.733. The van der Waals surface area contributed by atoms with Gasteiger partial charge in [-0.2, -0.15) is 0 Å². The molecule has 0 bridgehead atoms. The second-order valence-electron chi connectivity index (χ2n) is 5.80. The molecule has 2 heterocycles. The van der Waals surface area contributed by atoms with Gasteiger partial charge in [-0.3, -0.25) is 0 Å². The normalized spacial score (nSPS) is 17.3. The molecular formula is C15H26N4. The van der Waals surface area contributed by atoms with Gasteiger partial charge in [0.05, 0.1) is 0 Å². The zero-order valence-electron chi connectivity index (χ0n) is 12.6. The minimum absolute atomic E-state index is 0.355. The molecule has 106 valence electrons. The van der Waals surface area contributed by atoms with Crippen LogP contribution < -0.4 is 10.6 Å². The molecule has 1 aromatic heterocycles. The topological polar surface area (TPSA) is 55.0 Å². The Morgan fingerprint density at radius 3 is 2.42 bits per heavy atom. The quantitative estimate of drug-likeness (QED) is 0.909. The number of hydrogen-bond acceptors (Lipinski definition) is 4. The van der Waals surface area contributed by atoms with Crippen molar-refractivity contribution in [3.63, 3.8) is 0 Å². The first-order valence-corrected chi connectivity index (χ1v) is 7.40. The minimum Gasteiger partial charge on any atom is -0.356 e. The molecule has 1 aromatic rings. The SMILES string of the molecule is CCc1c(C)nc(C(C)C)nc1N1CCC(N)CC1. The number of aromatic nitrogens is 2. The highest BCUT2D eigenvalue weighted by atomic mass is 15.2. The molecule has 4 nitrogen and oxygen atoms in total. The number of nitrogens with two attached hydrogens (primary N) is 1. The molecule has 0 unspecified atom stereocenters.